The van der Waals surface area contributed by atoms with Crippen LogP contribution in [0.3, 0.4) is 0 Å². The zero-order chi connectivity index (χ0) is 15.4. The maximum atomic E-state index is 6.08. The molecular weight excluding hydrogens is 331 g/mol. The second kappa shape index (κ2) is 7.32. The molecule has 0 saturated carbocycles. The van der Waals surface area contributed by atoms with E-state index < -0.39 is 0 Å². The van der Waals surface area contributed by atoms with E-state index in [1.54, 1.807) is 18.3 Å². The maximum absolute atomic E-state index is 6.08. The van der Waals surface area contributed by atoms with Crippen molar-refractivity contribution < 1.29 is 4.74 Å². The van der Waals surface area contributed by atoms with Crippen molar-refractivity contribution >= 4 is 34.8 Å². The predicted octanol–water partition coefficient (Wildman–Crippen LogP) is 5.50. The molecule has 0 aliphatic rings. The molecule has 0 bridgehead atoms. The molecule has 21 heavy (non-hydrogen) atoms. The van der Waals surface area contributed by atoms with Crippen LogP contribution in [-0.4, -0.2) is 11.5 Å². The molecule has 1 aromatic carbocycles. The normalized spacial score (nSPS) is 12.2. The number of rotatable bonds is 5. The van der Waals surface area contributed by atoms with E-state index in [4.69, 9.17) is 39.5 Å². The highest BCUT2D eigenvalue weighted by atomic mass is 35.5. The van der Waals surface area contributed by atoms with E-state index in [-0.39, 0.29) is 6.04 Å². The van der Waals surface area contributed by atoms with Gasteiger partial charge in [0.05, 0.1) is 27.0 Å². The van der Waals surface area contributed by atoms with Gasteiger partial charge in [-0.05, 0) is 31.7 Å². The van der Waals surface area contributed by atoms with Crippen molar-refractivity contribution in [2.24, 2.45) is 0 Å². The third kappa shape index (κ3) is 4.24. The van der Waals surface area contributed by atoms with Gasteiger partial charge in [-0.15, -0.1) is 0 Å². The topological polar surface area (TPSA) is 34.1 Å². The second-order valence-electron chi connectivity index (χ2n) is 4.50. The number of halogens is 3. The molecule has 1 atom stereocenters. The van der Waals surface area contributed by atoms with Gasteiger partial charge in [0.15, 0.2) is 0 Å². The number of benzene rings is 1. The molecule has 2 rings (SSSR count). The Kier molecular flexibility index (Phi) is 5.71. The van der Waals surface area contributed by atoms with Crippen molar-refractivity contribution in [2.45, 2.75) is 19.9 Å². The van der Waals surface area contributed by atoms with Crippen LogP contribution < -0.4 is 10.1 Å². The first kappa shape index (κ1) is 16.4. The maximum Gasteiger partial charge on any atom is 0.147 e. The minimum atomic E-state index is 0.192. The Bertz CT molecular complexity index is 617. The summed E-state index contributed by atoms with van der Waals surface area (Å²) in [7, 11) is 0. The molecular formula is C15H15Cl3N2O. The quantitative estimate of drug-likeness (QED) is 0.726. The van der Waals surface area contributed by atoms with Gasteiger partial charge in [-0.1, -0.05) is 41.7 Å². The van der Waals surface area contributed by atoms with Crippen LogP contribution in [0.1, 0.15) is 25.6 Å². The van der Waals surface area contributed by atoms with Gasteiger partial charge in [-0.25, -0.2) is 0 Å². The molecule has 0 aliphatic carbocycles. The Morgan fingerprint density at radius 3 is 2.48 bits per heavy atom. The summed E-state index contributed by atoms with van der Waals surface area (Å²) >= 11 is 17.9. The van der Waals surface area contributed by atoms with Gasteiger partial charge in [-0.2, -0.15) is 0 Å². The van der Waals surface area contributed by atoms with E-state index in [9.17, 15) is 0 Å². The van der Waals surface area contributed by atoms with E-state index >= 15 is 0 Å². The monoisotopic (exact) mass is 344 g/mol. The standard InChI is InChI=1S/C15H15Cl3N2O/c1-3-19-9(2)14-5-4-10(8-20-14)21-15-7-12(17)11(16)6-13(15)18/h4-9,19H,3H2,1-2H3. The number of nitrogens with one attached hydrogen (secondary N) is 1. The smallest absolute Gasteiger partial charge is 0.147 e. The van der Waals surface area contributed by atoms with Crippen LogP contribution >= 0.6 is 34.8 Å². The van der Waals surface area contributed by atoms with E-state index in [2.05, 4.69) is 24.1 Å². The Morgan fingerprint density at radius 2 is 1.86 bits per heavy atom. The lowest BCUT2D eigenvalue weighted by atomic mass is 10.2. The molecule has 0 amide bonds. The van der Waals surface area contributed by atoms with Crippen LogP contribution in [0.2, 0.25) is 15.1 Å². The summed E-state index contributed by atoms with van der Waals surface area (Å²) in [6.45, 7) is 5.00. The molecule has 1 unspecified atom stereocenters. The highest BCUT2D eigenvalue weighted by Gasteiger charge is 2.09. The zero-order valence-electron chi connectivity index (χ0n) is 11.7. The number of hydrogen-bond acceptors (Lipinski definition) is 3. The average Bonchev–Trinajstić information content (AvgIpc) is 2.46. The summed E-state index contributed by atoms with van der Waals surface area (Å²) in [6, 6.07) is 7.08. The van der Waals surface area contributed by atoms with Crippen LogP contribution in [-0.2, 0) is 0 Å². The SMILES string of the molecule is CCNC(C)c1ccc(Oc2cc(Cl)c(Cl)cc2Cl)cn1. The second-order valence-corrected chi connectivity index (χ2v) is 5.72. The summed E-state index contributed by atoms with van der Waals surface area (Å²) in [5, 5.41) is 4.48. The first-order valence-corrected chi connectivity index (χ1v) is 7.66. The molecule has 0 aliphatic heterocycles. The van der Waals surface area contributed by atoms with Crippen LogP contribution in [0.4, 0.5) is 0 Å². The largest absolute Gasteiger partial charge is 0.454 e. The molecule has 1 N–H and O–H groups in total. The third-order valence-corrected chi connectivity index (χ3v) is 3.93. The van der Waals surface area contributed by atoms with Gasteiger partial charge in [-0.3, -0.25) is 4.98 Å². The molecule has 6 heteroatoms. The summed E-state index contributed by atoms with van der Waals surface area (Å²) in [6.07, 6.45) is 1.65. The van der Waals surface area contributed by atoms with Crippen molar-refractivity contribution in [3.8, 4) is 11.5 Å². The Hall–Kier alpha value is -1.00. The molecule has 2 aromatic rings. The highest BCUT2D eigenvalue weighted by molar-refractivity contribution is 6.43. The molecule has 1 aromatic heterocycles. The van der Waals surface area contributed by atoms with Gasteiger partial charge < -0.3 is 10.1 Å². The van der Waals surface area contributed by atoms with Gasteiger partial charge in [0.2, 0.25) is 0 Å². The fourth-order valence-corrected chi connectivity index (χ4v) is 2.40. The number of nitrogens with zero attached hydrogens (tertiary/aromatic N) is 1. The molecule has 0 spiro atoms. The lowest BCUT2D eigenvalue weighted by Gasteiger charge is -2.13. The first-order chi connectivity index (χ1) is 10.0. The Morgan fingerprint density at radius 1 is 1.14 bits per heavy atom. The summed E-state index contributed by atoms with van der Waals surface area (Å²) in [4.78, 5) is 4.37. The molecule has 0 fully saturated rings. The summed E-state index contributed by atoms with van der Waals surface area (Å²) in [5.41, 5.74) is 0.949. The fraction of sp³-hybridized carbons (Fsp3) is 0.267. The lowest BCUT2D eigenvalue weighted by Crippen LogP contribution is -2.18. The average molecular weight is 346 g/mol. The van der Waals surface area contributed by atoms with Crippen LogP contribution in [0.25, 0.3) is 0 Å². The van der Waals surface area contributed by atoms with Crippen LogP contribution in [0, 0.1) is 0 Å². The van der Waals surface area contributed by atoms with Crippen molar-refractivity contribution in [2.75, 3.05) is 6.54 Å². The molecule has 0 saturated heterocycles. The highest BCUT2D eigenvalue weighted by Crippen LogP contribution is 2.36. The number of hydrogen-bond donors (Lipinski definition) is 1. The zero-order valence-corrected chi connectivity index (χ0v) is 13.9. The van der Waals surface area contributed by atoms with Gasteiger partial charge >= 0.3 is 0 Å². The number of aromatic nitrogens is 1. The number of ether oxygens (including phenoxy) is 1. The Labute approximate surface area is 139 Å². The van der Waals surface area contributed by atoms with Crippen molar-refractivity contribution in [1.29, 1.82) is 0 Å². The predicted molar refractivity (Wildman–Crippen MR) is 87.9 cm³/mol. The fourth-order valence-electron chi connectivity index (χ4n) is 1.83. The third-order valence-electron chi connectivity index (χ3n) is 2.92. The van der Waals surface area contributed by atoms with Gasteiger partial charge in [0.1, 0.15) is 11.5 Å². The van der Waals surface area contributed by atoms with Gasteiger partial charge in [0, 0.05) is 12.1 Å². The minimum absolute atomic E-state index is 0.192. The van der Waals surface area contributed by atoms with Crippen molar-refractivity contribution in [1.82, 2.24) is 10.3 Å². The van der Waals surface area contributed by atoms with Crippen molar-refractivity contribution in [3.63, 3.8) is 0 Å². The summed E-state index contributed by atoms with van der Waals surface area (Å²) < 4.78 is 5.68. The van der Waals surface area contributed by atoms with E-state index in [0.717, 1.165) is 12.2 Å². The summed E-state index contributed by atoms with van der Waals surface area (Å²) in [5.74, 6) is 1.03. The van der Waals surface area contributed by atoms with Crippen molar-refractivity contribution in [3.05, 3.63) is 51.2 Å². The number of pyridine rings is 1. The molecule has 1 heterocycles. The first-order valence-electron chi connectivity index (χ1n) is 6.53. The Balaban J connectivity index is 2.15. The van der Waals surface area contributed by atoms with Gasteiger partial charge in [0.25, 0.3) is 0 Å². The lowest BCUT2D eigenvalue weighted by molar-refractivity contribution is 0.478. The molecule has 0 radical (unpaired) electrons. The van der Waals surface area contributed by atoms with Crippen LogP contribution in [0.5, 0.6) is 11.5 Å². The van der Waals surface area contributed by atoms with Crippen LogP contribution in [0.15, 0.2) is 30.5 Å². The molecule has 3 nitrogen and oxygen atoms in total. The van der Waals surface area contributed by atoms with E-state index in [0.29, 0.717) is 26.6 Å². The van der Waals surface area contributed by atoms with E-state index in [1.807, 2.05) is 12.1 Å². The van der Waals surface area contributed by atoms with E-state index in [1.165, 1.54) is 0 Å². The minimum Gasteiger partial charge on any atom is -0.454 e. The molecule has 112 valence electrons.